The third kappa shape index (κ3) is 14.9. The Labute approximate surface area is 142 Å². The number of rotatable bonds is 17. The third-order valence-corrected chi connectivity index (χ3v) is 5.09. The van der Waals surface area contributed by atoms with Gasteiger partial charge in [0.2, 0.25) is 0 Å². The van der Waals surface area contributed by atoms with Crippen molar-refractivity contribution in [3.8, 4) is 0 Å². The average Bonchev–Trinajstić information content (AvgIpc) is 2.51. The Kier molecular flexibility index (Phi) is 17.3. The van der Waals surface area contributed by atoms with E-state index in [2.05, 4.69) is 32.8 Å². The van der Waals surface area contributed by atoms with Crippen molar-refractivity contribution in [3.63, 3.8) is 0 Å². The highest BCUT2D eigenvalue weighted by Crippen LogP contribution is 2.15. The highest BCUT2D eigenvalue weighted by molar-refractivity contribution is 4.63. The van der Waals surface area contributed by atoms with Crippen LogP contribution in [0.2, 0.25) is 0 Å². The first kappa shape index (κ1) is 22.0. The van der Waals surface area contributed by atoms with Gasteiger partial charge in [-0.25, -0.2) is 0 Å². The minimum absolute atomic E-state index is 0.803. The Balaban J connectivity index is 3.11. The van der Waals surface area contributed by atoms with Crippen LogP contribution in [-0.4, -0.2) is 25.0 Å². The van der Waals surface area contributed by atoms with Crippen LogP contribution < -0.4 is 0 Å². The van der Waals surface area contributed by atoms with Crippen LogP contribution in [0, 0.1) is 0 Å². The monoisotopic (exact) mass is 311 g/mol. The SMILES string of the molecule is CCCCCCCCCCCCCCCCC(CC)N(C)C. The van der Waals surface area contributed by atoms with E-state index in [-0.39, 0.29) is 0 Å². The van der Waals surface area contributed by atoms with Crippen molar-refractivity contribution >= 4 is 0 Å². The molecule has 0 spiro atoms. The molecule has 1 heteroatoms. The molecular weight excluding hydrogens is 266 g/mol. The third-order valence-electron chi connectivity index (χ3n) is 5.09. The van der Waals surface area contributed by atoms with Gasteiger partial charge in [0.1, 0.15) is 0 Å². The summed E-state index contributed by atoms with van der Waals surface area (Å²) in [6, 6.07) is 0.803. The maximum Gasteiger partial charge on any atom is 0.00865 e. The Bertz CT molecular complexity index is 200. The molecule has 0 aliphatic rings. The van der Waals surface area contributed by atoms with E-state index < -0.39 is 0 Å². The highest BCUT2D eigenvalue weighted by atomic mass is 15.1. The smallest absolute Gasteiger partial charge is 0.00865 e. The molecule has 0 amide bonds. The minimum Gasteiger partial charge on any atom is -0.306 e. The van der Waals surface area contributed by atoms with Crippen LogP contribution >= 0.6 is 0 Å². The Morgan fingerprint density at radius 1 is 0.545 bits per heavy atom. The van der Waals surface area contributed by atoms with Crippen LogP contribution in [0.15, 0.2) is 0 Å². The van der Waals surface area contributed by atoms with Gasteiger partial charge >= 0.3 is 0 Å². The minimum atomic E-state index is 0.803. The maximum atomic E-state index is 2.39. The van der Waals surface area contributed by atoms with E-state index in [1.807, 2.05) is 0 Å². The summed E-state index contributed by atoms with van der Waals surface area (Å²) in [5, 5.41) is 0. The van der Waals surface area contributed by atoms with Crippen molar-refractivity contribution in [2.45, 2.75) is 123 Å². The summed E-state index contributed by atoms with van der Waals surface area (Å²) >= 11 is 0. The second-order valence-electron chi connectivity index (χ2n) is 7.41. The normalized spacial score (nSPS) is 13.0. The van der Waals surface area contributed by atoms with Crippen molar-refractivity contribution in [2.24, 2.45) is 0 Å². The molecule has 0 aliphatic carbocycles. The number of nitrogens with zero attached hydrogens (tertiary/aromatic N) is 1. The Morgan fingerprint density at radius 2 is 0.909 bits per heavy atom. The summed E-state index contributed by atoms with van der Waals surface area (Å²) in [7, 11) is 4.44. The van der Waals surface area contributed by atoms with Crippen molar-refractivity contribution in [2.75, 3.05) is 14.1 Å². The van der Waals surface area contributed by atoms with Gasteiger partial charge in [0, 0.05) is 6.04 Å². The number of hydrogen-bond donors (Lipinski definition) is 0. The van der Waals surface area contributed by atoms with E-state index in [1.165, 1.54) is 103 Å². The van der Waals surface area contributed by atoms with Gasteiger partial charge in [0.05, 0.1) is 0 Å². The number of unbranched alkanes of at least 4 members (excludes halogenated alkanes) is 13. The lowest BCUT2D eigenvalue weighted by Gasteiger charge is -2.22. The molecule has 0 heterocycles. The van der Waals surface area contributed by atoms with E-state index in [4.69, 9.17) is 0 Å². The first-order valence-corrected chi connectivity index (χ1v) is 10.4. The topological polar surface area (TPSA) is 3.24 Å². The van der Waals surface area contributed by atoms with Gasteiger partial charge in [-0.2, -0.15) is 0 Å². The van der Waals surface area contributed by atoms with Gasteiger partial charge in [-0.1, -0.05) is 104 Å². The first-order chi connectivity index (χ1) is 10.7. The van der Waals surface area contributed by atoms with Crippen LogP contribution in [0.3, 0.4) is 0 Å². The van der Waals surface area contributed by atoms with Crippen molar-refractivity contribution in [1.29, 1.82) is 0 Å². The molecule has 1 atom stereocenters. The second kappa shape index (κ2) is 17.3. The predicted molar refractivity (Wildman–Crippen MR) is 103 cm³/mol. The predicted octanol–water partition coefficient (Wildman–Crippen LogP) is 7.20. The molecule has 0 aromatic heterocycles. The van der Waals surface area contributed by atoms with Gasteiger partial charge < -0.3 is 4.90 Å². The van der Waals surface area contributed by atoms with Gasteiger partial charge in [-0.15, -0.1) is 0 Å². The van der Waals surface area contributed by atoms with E-state index in [1.54, 1.807) is 0 Å². The molecule has 0 saturated carbocycles. The molecule has 0 aromatic carbocycles. The van der Waals surface area contributed by atoms with E-state index in [0.717, 1.165) is 6.04 Å². The molecule has 0 fully saturated rings. The van der Waals surface area contributed by atoms with E-state index >= 15 is 0 Å². The second-order valence-corrected chi connectivity index (χ2v) is 7.41. The molecule has 1 unspecified atom stereocenters. The molecule has 0 N–H and O–H groups in total. The summed E-state index contributed by atoms with van der Waals surface area (Å²) < 4.78 is 0. The maximum absolute atomic E-state index is 2.39. The average molecular weight is 312 g/mol. The van der Waals surface area contributed by atoms with Gasteiger partial charge in [-0.3, -0.25) is 0 Å². The molecule has 0 bridgehead atoms. The quantitative estimate of drug-likeness (QED) is 0.257. The van der Waals surface area contributed by atoms with Crippen LogP contribution in [0.25, 0.3) is 0 Å². The summed E-state index contributed by atoms with van der Waals surface area (Å²) in [6.07, 6.45) is 23.1. The van der Waals surface area contributed by atoms with E-state index in [0.29, 0.717) is 0 Å². The van der Waals surface area contributed by atoms with Crippen molar-refractivity contribution < 1.29 is 0 Å². The zero-order chi connectivity index (χ0) is 16.5. The number of hydrogen-bond acceptors (Lipinski definition) is 1. The highest BCUT2D eigenvalue weighted by Gasteiger charge is 2.07. The van der Waals surface area contributed by atoms with Gasteiger partial charge in [0.25, 0.3) is 0 Å². The van der Waals surface area contributed by atoms with Crippen LogP contribution in [0.5, 0.6) is 0 Å². The molecule has 0 aliphatic heterocycles. The summed E-state index contributed by atoms with van der Waals surface area (Å²) in [6.45, 7) is 4.61. The molecule has 0 saturated heterocycles. The fourth-order valence-corrected chi connectivity index (χ4v) is 3.40. The Morgan fingerprint density at radius 3 is 1.23 bits per heavy atom. The van der Waals surface area contributed by atoms with Gasteiger partial charge in [-0.05, 0) is 26.9 Å². The summed E-state index contributed by atoms with van der Waals surface area (Å²) in [5.41, 5.74) is 0. The van der Waals surface area contributed by atoms with Crippen LogP contribution in [-0.2, 0) is 0 Å². The lowest BCUT2D eigenvalue weighted by Crippen LogP contribution is -2.26. The Hall–Kier alpha value is -0.0400. The lowest BCUT2D eigenvalue weighted by atomic mass is 10.0. The fourth-order valence-electron chi connectivity index (χ4n) is 3.40. The molecular formula is C21H45N. The molecule has 0 aromatic rings. The van der Waals surface area contributed by atoms with Crippen molar-refractivity contribution in [3.05, 3.63) is 0 Å². The zero-order valence-corrected chi connectivity index (χ0v) is 16.3. The largest absolute Gasteiger partial charge is 0.306 e. The first-order valence-electron chi connectivity index (χ1n) is 10.4. The molecule has 134 valence electrons. The zero-order valence-electron chi connectivity index (χ0n) is 16.3. The van der Waals surface area contributed by atoms with E-state index in [9.17, 15) is 0 Å². The standard InChI is InChI=1S/C21H45N/c1-5-7-8-9-10-11-12-13-14-15-16-17-18-19-20-21(6-2)22(3)4/h21H,5-20H2,1-4H3. The van der Waals surface area contributed by atoms with Crippen molar-refractivity contribution in [1.82, 2.24) is 4.90 Å². The molecule has 0 radical (unpaired) electrons. The van der Waals surface area contributed by atoms with Crippen LogP contribution in [0.4, 0.5) is 0 Å². The summed E-state index contributed by atoms with van der Waals surface area (Å²) in [5.74, 6) is 0. The summed E-state index contributed by atoms with van der Waals surface area (Å²) in [4.78, 5) is 2.39. The lowest BCUT2D eigenvalue weighted by molar-refractivity contribution is 0.264. The molecule has 0 rings (SSSR count). The molecule has 22 heavy (non-hydrogen) atoms. The fraction of sp³-hybridized carbons (Fsp3) is 1.00. The van der Waals surface area contributed by atoms with Gasteiger partial charge in [0.15, 0.2) is 0 Å². The van der Waals surface area contributed by atoms with Crippen LogP contribution in [0.1, 0.15) is 117 Å². The molecule has 1 nitrogen and oxygen atoms in total.